The fraction of sp³-hybridized carbons (Fsp3) is 0.308. The number of aromatic nitrogens is 1. The number of hydrogen-bond donors (Lipinski definition) is 1. The molecule has 90 valence electrons. The first-order chi connectivity index (χ1) is 8.26. The summed E-state index contributed by atoms with van der Waals surface area (Å²) in [6.07, 6.45) is 0. The van der Waals surface area contributed by atoms with Crippen molar-refractivity contribution >= 4 is 11.8 Å². The summed E-state index contributed by atoms with van der Waals surface area (Å²) < 4.78 is 5.34. The quantitative estimate of drug-likeness (QED) is 0.844. The predicted molar refractivity (Wildman–Crippen MR) is 71.0 cm³/mol. The molecular formula is C13H16N2OS. The molecule has 0 amide bonds. The molecule has 0 atom stereocenters. The first-order valence-electron chi connectivity index (χ1n) is 5.64. The van der Waals surface area contributed by atoms with E-state index in [4.69, 9.17) is 10.3 Å². The van der Waals surface area contributed by atoms with Crippen molar-refractivity contribution in [3.05, 3.63) is 35.5 Å². The fourth-order valence-electron chi connectivity index (χ4n) is 1.73. The molecule has 3 nitrogen and oxygen atoms in total. The summed E-state index contributed by atoms with van der Waals surface area (Å²) in [6.45, 7) is 4.51. The summed E-state index contributed by atoms with van der Waals surface area (Å²) in [6, 6.07) is 8.30. The third kappa shape index (κ3) is 2.53. The van der Waals surface area contributed by atoms with Crippen LogP contribution in [-0.2, 0) is 6.54 Å². The van der Waals surface area contributed by atoms with Crippen molar-refractivity contribution in [1.29, 1.82) is 0 Å². The Morgan fingerprint density at radius 1 is 1.29 bits per heavy atom. The Morgan fingerprint density at radius 2 is 2.00 bits per heavy atom. The second-order valence-electron chi connectivity index (χ2n) is 3.74. The lowest BCUT2D eigenvalue weighted by molar-refractivity contribution is 0.426. The standard InChI is InChI=1S/C13H16N2OS/c1-3-17-11-6-4-10(5-7-11)13-12(8-14)9(2)15-16-13/h4-7H,3,8,14H2,1-2H3. The van der Waals surface area contributed by atoms with E-state index in [1.807, 2.05) is 18.7 Å². The number of thioether (sulfide) groups is 1. The topological polar surface area (TPSA) is 52.0 Å². The molecule has 1 aromatic heterocycles. The van der Waals surface area contributed by atoms with Crippen LogP contribution in [0.15, 0.2) is 33.7 Å². The van der Waals surface area contributed by atoms with Crippen molar-refractivity contribution in [1.82, 2.24) is 5.16 Å². The van der Waals surface area contributed by atoms with Gasteiger partial charge in [0.25, 0.3) is 0 Å². The van der Waals surface area contributed by atoms with E-state index < -0.39 is 0 Å². The number of nitrogens with zero attached hydrogens (tertiary/aromatic N) is 1. The van der Waals surface area contributed by atoms with Crippen LogP contribution in [0.25, 0.3) is 11.3 Å². The maximum atomic E-state index is 5.71. The number of aryl methyl sites for hydroxylation is 1. The molecule has 17 heavy (non-hydrogen) atoms. The van der Waals surface area contributed by atoms with Gasteiger partial charge in [0, 0.05) is 22.6 Å². The lowest BCUT2D eigenvalue weighted by Crippen LogP contribution is -1.98. The molecule has 2 aromatic rings. The Labute approximate surface area is 105 Å². The molecule has 0 spiro atoms. The van der Waals surface area contributed by atoms with Gasteiger partial charge in [-0.05, 0) is 24.8 Å². The molecule has 0 bridgehead atoms. The van der Waals surface area contributed by atoms with Gasteiger partial charge in [-0.3, -0.25) is 0 Å². The van der Waals surface area contributed by atoms with Gasteiger partial charge in [-0.15, -0.1) is 11.8 Å². The second-order valence-corrected chi connectivity index (χ2v) is 5.07. The van der Waals surface area contributed by atoms with Crippen LogP contribution in [0.3, 0.4) is 0 Å². The average Bonchev–Trinajstić information content (AvgIpc) is 2.72. The van der Waals surface area contributed by atoms with Crippen molar-refractivity contribution < 1.29 is 4.52 Å². The Hall–Kier alpha value is -1.26. The van der Waals surface area contributed by atoms with Crippen molar-refractivity contribution in [2.75, 3.05) is 5.75 Å². The maximum absolute atomic E-state index is 5.71. The highest BCUT2D eigenvalue weighted by Gasteiger charge is 2.13. The van der Waals surface area contributed by atoms with Gasteiger partial charge < -0.3 is 10.3 Å². The summed E-state index contributed by atoms with van der Waals surface area (Å²) in [5.74, 6) is 1.87. The molecule has 1 heterocycles. The SMILES string of the molecule is CCSc1ccc(-c2onc(C)c2CN)cc1. The largest absolute Gasteiger partial charge is 0.356 e. The van der Waals surface area contributed by atoms with Gasteiger partial charge >= 0.3 is 0 Å². The number of nitrogens with two attached hydrogens (primary N) is 1. The Bertz CT molecular complexity index is 491. The van der Waals surface area contributed by atoms with Crippen LogP contribution < -0.4 is 5.73 Å². The van der Waals surface area contributed by atoms with Crippen molar-refractivity contribution in [2.24, 2.45) is 5.73 Å². The van der Waals surface area contributed by atoms with Gasteiger partial charge in [-0.2, -0.15) is 0 Å². The highest BCUT2D eigenvalue weighted by atomic mass is 32.2. The summed E-state index contributed by atoms with van der Waals surface area (Å²) in [4.78, 5) is 1.27. The lowest BCUT2D eigenvalue weighted by atomic mass is 10.1. The van der Waals surface area contributed by atoms with Crippen LogP contribution in [0, 0.1) is 6.92 Å². The molecule has 0 aliphatic carbocycles. The Kier molecular flexibility index (Phi) is 3.86. The minimum atomic E-state index is 0.454. The van der Waals surface area contributed by atoms with Crippen LogP contribution in [0.4, 0.5) is 0 Å². The summed E-state index contributed by atoms with van der Waals surface area (Å²) in [5.41, 5.74) is 8.60. The van der Waals surface area contributed by atoms with Gasteiger partial charge in [-0.25, -0.2) is 0 Å². The molecule has 0 radical (unpaired) electrons. The van der Waals surface area contributed by atoms with Crippen LogP contribution in [0.1, 0.15) is 18.2 Å². The second kappa shape index (κ2) is 5.38. The van der Waals surface area contributed by atoms with E-state index in [1.165, 1.54) is 4.90 Å². The minimum Gasteiger partial charge on any atom is -0.356 e. The van der Waals surface area contributed by atoms with Gasteiger partial charge in [0.1, 0.15) is 0 Å². The van der Waals surface area contributed by atoms with E-state index in [-0.39, 0.29) is 0 Å². The van der Waals surface area contributed by atoms with Crippen LogP contribution >= 0.6 is 11.8 Å². The lowest BCUT2D eigenvalue weighted by Gasteiger charge is -2.02. The molecule has 2 rings (SSSR count). The van der Waals surface area contributed by atoms with E-state index in [2.05, 4.69) is 36.3 Å². The van der Waals surface area contributed by atoms with Crippen LogP contribution in [0.2, 0.25) is 0 Å². The molecule has 0 saturated heterocycles. The summed E-state index contributed by atoms with van der Waals surface area (Å²) in [5, 5.41) is 3.96. The molecule has 0 fully saturated rings. The zero-order chi connectivity index (χ0) is 12.3. The Morgan fingerprint density at radius 3 is 2.59 bits per heavy atom. The normalized spacial score (nSPS) is 10.8. The van der Waals surface area contributed by atoms with E-state index in [1.54, 1.807) is 0 Å². The van der Waals surface area contributed by atoms with Gasteiger partial charge in [-0.1, -0.05) is 24.2 Å². The third-order valence-electron chi connectivity index (χ3n) is 2.62. The molecule has 0 unspecified atom stereocenters. The molecule has 0 aliphatic heterocycles. The third-order valence-corrected chi connectivity index (χ3v) is 3.51. The van der Waals surface area contributed by atoms with E-state index in [9.17, 15) is 0 Å². The van der Waals surface area contributed by atoms with E-state index in [0.717, 1.165) is 28.3 Å². The molecule has 0 aliphatic rings. The molecule has 2 N–H and O–H groups in total. The van der Waals surface area contributed by atoms with E-state index >= 15 is 0 Å². The van der Waals surface area contributed by atoms with Crippen molar-refractivity contribution in [3.8, 4) is 11.3 Å². The summed E-state index contributed by atoms with van der Waals surface area (Å²) >= 11 is 1.82. The molecule has 1 aromatic carbocycles. The zero-order valence-electron chi connectivity index (χ0n) is 10.1. The highest BCUT2D eigenvalue weighted by Crippen LogP contribution is 2.28. The predicted octanol–water partition coefficient (Wildman–Crippen LogP) is 3.22. The Balaban J connectivity index is 2.33. The minimum absolute atomic E-state index is 0.454. The number of rotatable bonds is 4. The first kappa shape index (κ1) is 12.2. The fourth-order valence-corrected chi connectivity index (χ4v) is 2.39. The monoisotopic (exact) mass is 248 g/mol. The molecule has 4 heteroatoms. The maximum Gasteiger partial charge on any atom is 0.171 e. The number of benzene rings is 1. The van der Waals surface area contributed by atoms with Gasteiger partial charge in [0.2, 0.25) is 0 Å². The number of hydrogen-bond acceptors (Lipinski definition) is 4. The first-order valence-corrected chi connectivity index (χ1v) is 6.63. The van der Waals surface area contributed by atoms with Crippen LogP contribution in [0.5, 0.6) is 0 Å². The molecular weight excluding hydrogens is 232 g/mol. The zero-order valence-corrected chi connectivity index (χ0v) is 10.9. The van der Waals surface area contributed by atoms with Crippen LogP contribution in [-0.4, -0.2) is 10.9 Å². The van der Waals surface area contributed by atoms with Gasteiger partial charge in [0.05, 0.1) is 5.69 Å². The highest BCUT2D eigenvalue weighted by molar-refractivity contribution is 7.99. The molecule has 0 saturated carbocycles. The average molecular weight is 248 g/mol. The van der Waals surface area contributed by atoms with Crippen molar-refractivity contribution in [3.63, 3.8) is 0 Å². The van der Waals surface area contributed by atoms with Crippen molar-refractivity contribution in [2.45, 2.75) is 25.3 Å². The summed E-state index contributed by atoms with van der Waals surface area (Å²) in [7, 11) is 0. The smallest absolute Gasteiger partial charge is 0.171 e. The van der Waals surface area contributed by atoms with Gasteiger partial charge in [0.15, 0.2) is 5.76 Å². The van der Waals surface area contributed by atoms with E-state index in [0.29, 0.717) is 6.54 Å².